The number of nitrogens with two attached hydrogens (primary N) is 1. The van der Waals surface area contributed by atoms with Crippen LogP contribution < -0.4 is 5.73 Å². The molecule has 2 N–H and O–H groups in total. The fourth-order valence-corrected chi connectivity index (χ4v) is 2.06. The van der Waals surface area contributed by atoms with Gasteiger partial charge in [0.25, 0.3) is 0 Å². The van der Waals surface area contributed by atoms with E-state index < -0.39 is 0 Å². The molecule has 0 amide bonds. The molecule has 0 fully saturated rings. The van der Waals surface area contributed by atoms with Crippen LogP contribution in [0.2, 0.25) is 0 Å². The predicted octanol–water partition coefficient (Wildman–Crippen LogP) is 3.32. The van der Waals surface area contributed by atoms with E-state index >= 15 is 0 Å². The molecule has 2 aromatic heterocycles. The van der Waals surface area contributed by atoms with Gasteiger partial charge < -0.3 is 10.3 Å². The van der Waals surface area contributed by atoms with Gasteiger partial charge in [-0.15, -0.1) is 0 Å². The summed E-state index contributed by atoms with van der Waals surface area (Å²) in [5, 5.41) is 1.12. The van der Waals surface area contributed by atoms with Crippen LogP contribution in [0.1, 0.15) is 45.2 Å². The minimum Gasteiger partial charge on any atom is -0.398 e. The Morgan fingerprint density at radius 2 is 1.94 bits per heavy atom. The summed E-state index contributed by atoms with van der Waals surface area (Å²) in [6.45, 7) is 8.70. The standard InChI is InChI=1S/C13H19N3/c1-8(2)10-7-16(9(3)4)13-12(10)11(14)5-6-15-13/h5-9H,1-4H3,(H2,14,15). The van der Waals surface area contributed by atoms with Gasteiger partial charge in [0.1, 0.15) is 5.65 Å². The van der Waals surface area contributed by atoms with Crippen molar-refractivity contribution < 1.29 is 0 Å². The number of hydrogen-bond acceptors (Lipinski definition) is 2. The Kier molecular flexibility index (Phi) is 2.62. The summed E-state index contributed by atoms with van der Waals surface area (Å²) in [4.78, 5) is 4.45. The number of rotatable bonds is 2. The van der Waals surface area contributed by atoms with Crippen LogP contribution in [-0.4, -0.2) is 9.55 Å². The Morgan fingerprint density at radius 1 is 1.25 bits per heavy atom. The van der Waals surface area contributed by atoms with E-state index in [-0.39, 0.29) is 0 Å². The molecule has 0 aliphatic heterocycles. The van der Waals surface area contributed by atoms with Crippen molar-refractivity contribution in [3.63, 3.8) is 0 Å². The van der Waals surface area contributed by atoms with Crippen LogP contribution in [0.25, 0.3) is 11.0 Å². The van der Waals surface area contributed by atoms with E-state index in [0.29, 0.717) is 12.0 Å². The first-order chi connectivity index (χ1) is 7.52. The molecule has 0 spiro atoms. The molecular weight excluding hydrogens is 198 g/mol. The summed E-state index contributed by atoms with van der Waals surface area (Å²) >= 11 is 0. The lowest BCUT2D eigenvalue weighted by molar-refractivity contribution is 0.614. The molecule has 0 unspecified atom stereocenters. The molecule has 0 atom stereocenters. The molecule has 0 aliphatic rings. The number of nitrogen functional groups attached to an aromatic ring is 1. The van der Waals surface area contributed by atoms with Gasteiger partial charge in [0.2, 0.25) is 0 Å². The van der Waals surface area contributed by atoms with Crippen LogP contribution in [0.5, 0.6) is 0 Å². The van der Waals surface area contributed by atoms with E-state index in [9.17, 15) is 0 Å². The van der Waals surface area contributed by atoms with Crippen molar-refractivity contribution in [1.82, 2.24) is 9.55 Å². The molecule has 16 heavy (non-hydrogen) atoms. The Bertz CT molecular complexity index is 509. The van der Waals surface area contributed by atoms with Gasteiger partial charge in [-0.05, 0) is 31.4 Å². The summed E-state index contributed by atoms with van der Waals surface area (Å²) in [5.41, 5.74) is 9.17. The molecule has 2 rings (SSSR count). The lowest BCUT2D eigenvalue weighted by Crippen LogP contribution is -1.99. The monoisotopic (exact) mass is 217 g/mol. The van der Waals surface area contributed by atoms with Crippen LogP contribution in [-0.2, 0) is 0 Å². The third kappa shape index (κ3) is 1.56. The maximum atomic E-state index is 6.05. The number of nitrogens with zero attached hydrogens (tertiary/aromatic N) is 2. The zero-order valence-electron chi connectivity index (χ0n) is 10.4. The zero-order chi connectivity index (χ0) is 11.9. The highest BCUT2D eigenvalue weighted by Gasteiger charge is 2.15. The summed E-state index contributed by atoms with van der Waals surface area (Å²) in [7, 11) is 0. The minimum absolute atomic E-state index is 0.407. The highest BCUT2D eigenvalue weighted by atomic mass is 15.0. The first kappa shape index (κ1) is 11.0. The smallest absolute Gasteiger partial charge is 0.142 e. The second-order valence-electron chi connectivity index (χ2n) is 4.84. The van der Waals surface area contributed by atoms with Crippen LogP contribution in [0.15, 0.2) is 18.5 Å². The molecule has 3 heteroatoms. The molecule has 0 saturated heterocycles. The number of fused-ring (bicyclic) bond motifs is 1. The second kappa shape index (κ2) is 3.81. The lowest BCUT2D eigenvalue weighted by atomic mass is 10.0. The van der Waals surface area contributed by atoms with Crippen LogP contribution >= 0.6 is 0 Å². The summed E-state index contributed by atoms with van der Waals surface area (Å²) < 4.78 is 2.20. The van der Waals surface area contributed by atoms with Gasteiger partial charge in [0.15, 0.2) is 0 Å². The number of aromatic nitrogens is 2. The van der Waals surface area contributed by atoms with Crippen LogP contribution in [0.4, 0.5) is 5.69 Å². The first-order valence-corrected chi connectivity index (χ1v) is 5.77. The molecule has 2 heterocycles. The van der Waals surface area contributed by atoms with Crippen molar-refractivity contribution in [2.24, 2.45) is 0 Å². The Hall–Kier alpha value is -1.51. The van der Waals surface area contributed by atoms with Gasteiger partial charge in [-0.25, -0.2) is 4.98 Å². The molecule has 2 aromatic rings. The zero-order valence-corrected chi connectivity index (χ0v) is 10.4. The SMILES string of the molecule is CC(C)c1cn(C(C)C)c2nccc(N)c12. The van der Waals surface area contributed by atoms with E-state index in [4.69, 9.17) is 5.73 Å². The van der Waals surface area contributed by atoms with Gasteiger partial charge >= 0.3 is 0 Å². The third-order valence-electron chi connectivity index (χ3n) is 2.95. The number of pyridine rings is 1. The third-order valence-corrected chi connectivity index (χ3v) is 2.95. The molecule has 3 nitrogen and oxygen atoms in total. The molecule has 86 valence electrons. The van der Waals surface area contributed by atoms with E-state index in [1.807, 2.05) is 6.07 Å². The predicted molar refractivity (Wildman–Crippen MR) is 68.6 cm³/mol. The lowest BCUT2D eigenvalue weighted by Gasteiger charge is -2.07. The quantitative estimate of drug-likeness (QED) is 0.838. The average Bonchev–Trinajstić information content (AvgIpc) is 2.58. The fraction of sp³-hybridized carbons (Fsp3) is 0.462. The van der Waals surface area contributed by atoms with E-state index in [0.717, 1.165) is 16.7 Å². The number of hydrogen-bond donors (Lipinski definition) is 1. The minimum atomic E-state index is 0.407. The van der Waals surface area contributed by atoms with Gasteiger partial charge in [0, 0.05) is 29.5 Å². The van der Waals surface area contributed by atoms with Crippen LogP contribution in [0.3, 0.4) is 0 Å². The van der Waals surface area contributed by atoms with E-state index in [1.54, 1.807) is 6.20 Å². The Labute approximate surface area is 96.3 Å². The Morgan fingerprint density at radius 3 is 2.50 bits per heavy atom. The van der Waals surface area contributed by atoms with Crippen molar-refractivity contribution in [2.45, 2.75) is 39.7 Å². The van der Waals surface area contributed by atoms with E-state index in [1.165, 1.54) is 5.56 Å². The summed E-state index contributed by atoms with van der Waals surface area (Å²) in [6, 6.07) is 2.28. The van der Waals surface area contributed by atoms with Crippen molar-refractivity contribution in [3.05, 3.63) is 24.0 Å². The second-order valence-corrected chi connectivity index (χ2v) is 4.84. The van der Waals surface area contributed by atoms with E-state index in [2.05, 4.69) is 43.4 Å². The molecule has 0 bridgehead atoms. The van der Waals surface area contributed by atoms with Gasteiger partial charge in [0.05, 0.1) is 0 Å². The summed E-state index contributed by atoms with van der Waals surface area (Å²) in [5.74, 6) is 0.467. The van der Waals surface area contributed by atoms with Crippen molar-refractivity contribution >= 4 is 16.7 Å². The van der Waals surface area contributed by atoms with Gasteiger partial charge in [-0.3, -0.25) is 0 Å². The largest absolute Gasteiger partial charge is 0.398 e. The van der Waals surface area contributed by atoms with Gasteiger partial charge in [-0.2, -0.15) is 0 Å². The highest BCUT2D eigenvalue weighted by molar-refractivity contribution is 5.92. The van der Waals surface area contributed by atoms with Gasteiger partial charge in [-0.1, -0.05) is 13.8 Å². The van der Waals surface area contributed by atoms with Crippen molar-refractivity contribution in [3.8, 4) is 0 Å². The molecule has 0 radical (unpaired) electrons. The molecule has 0 saturated carbocycles. The highest BCUT2D eigenvalue weighted by Crippen LogP contribution is 2.32. The molecular formula is C13H19N3. The summed E-state index contributed by atoms with van der Waals surface area (Å²) in [6.07, 6.45) is 3.96. The number of anilines is 1. The maximum Gasteiger partial charge on any atom is 0.142 e. The Balaban J connectivity index is 2.82. The molecule has 0 aliphatic carbocycles. The maximum absolute atomic E-state index is 6.05. The van der Waals surface area contributed by atoms with Crippen molar-refractivity contribution in [2.75, 3.05) is 5.73 Å². The van der Waals surface area contributed by atoms with Crippen LogP contribution in [0, 0.1) is 0 Å². The fourth-order valence-electron chi connectivity index (χ4n) is 2.06. The normalized spacial score (nSPS) is 11.9. The topological polar surface area (TPSA) is 43.8 Å². The van der Waals surface area contributed by atoms with Crippen molar-refractivity contribution in [1.29, 1.82) is 0 Å². The average molecular weight is 217 g/mol. The molecule has 0 aromatic carbocycles. The first-order valence-electron chi connectivity index (χ1n) is 5.77.